The molecule has 0 saturated carbocycles. The van der Waals surface area contributed by atoms with Crippen molar-refractivity contribution in [3.63, 3.8) is 0 Å². The number of hydrogen-bond donors (Lipinski definition) is 2. The fourth-order valence-corrected chi connectivity index (χ4v) is 5.09. The lowest BCUT2D eigenvalue weighted by molar-refractivity contribution is 0.0281. The second kappa shape index (κ2) is 10.5. The fourth-order valence-electron chi connectivity index (χ4n) is 3.79. The van der Waals surface area contributed by atoms with Crippen LogP contribution < -0.4 is 14.8 Å². The topological polar surface area (TPSA) is 97.0 Å². The van der Waals surface area contributed by atoms with E-state index in [4.69, 9.17) is 9.47 Å². The second-order valence-corrected chi connectivity index (χ2v) is 10.3. The highest BCUT2D eigenvalue weighted by Gasteiger charge is 2.26. The minimum Gasteiger partial charge on any atom is -0.491 e. The number of carbonyl (C=O) groups is 1. The van der Waals surface area contributed by atoms with Crippen molar-refractivity contribution in [3.8, 4) is 5.75 Å². The van der Waals surface area contributed by atoms with Crippen molar-refractivity contribution in [2.45, 2.75) is 37.8 Å². The van der Waals surface area contributed by atoms with Gasteiger partial charge in [-0.05, 0) is 49.6 Å². The number of carbonyl (C=O) groups excluding carboxylic acids is 1. The number of hydrogen-bond acceptors (Lipinski definition) is 6. The smallest absolute Gasteiger partial charge is 0.262 e. The van der Waals surface area contributed by atoms with Gasteiger partial charge in [0.15, 0.2) is 0 Å². The molecule has 180 valence electrons. The summed E-state index contributed by atoms with van der Waals surface area (Å²) in [5.74, 6) is 0.318. The first-order valence-electron chi connectivity index (χ1n) is 11.0. The first kappa shape index (κ1) is 25.0. The molecule has 0 aromatic heterocycles. The van der Waals surface area contributed by atoms with E-state index < -0.39 is 10.0 Å². The van der Waals surface area contributed by atoms with Gasteiger partial charge in [-0.3, -0.25) is 9.52 Å². The quantitative estimate of drug-likeness (QED) is 0.706. The molecule has 8 nitrogen and oxygen atoms in total. The molecule has 1 aliphatic heterocycles. The normalized spacial score (nSPS) is 22.5. The van der Waals surface area contributed by atoms with E-state index in [9.17, 15) is 13.2 Å². The van der Waals surface area contributed by atoms with Crippen molar-refractivity contribution in [1.82, 2.24) is 10.2 Å². The average Bonchev–Trinajstić information content (AvgIpc) is 2.78. The summed E-state index contributed by atoms with van der Waals surface area (Å²) in [6.07, 6.45) is -0.148. The highest BCUT2D eigenvalue weighted by Crippen LogP contribution is 2.27. The summed E-state index contributed by atoms with van der Waals surface area (Å²) < 4.78 is 40.1. The maximum absolute atomic E-state index is 13.3. The van der Waals surface area contributed by atoms with E-state index in [1.165, 1.54) is 6.07 Å². The number of rotatable bonds is 4. The zero-order valence-corrected chi connectivity index (χ0v) is 20.6. The largest absolute Gasteiger partial charge is 0.491 e. The van der Waals surface area contributed by atoms with Gasteiger partial charge in [-0.1, -0.05) is 25.1 Å². The van der Waals surface area contributed by atoms with Crippen molar-refractivity contribution >= 4 is 21.6 Å². The number of fused-ring (bicyclic) bond motifs is 1. The molecule has 2 N–H and O–H groups in total. The molecule has 1 aliphatic rings. The van der Waals surface area contributed by atoms with E-state index in [0.717, 1.165) is 6.54 Å². The summed E-state index contributed by atoms with van der Waals surface area (Å²) in [4.78, 5) is 15.1. The van der Waals surface area contributed by atoms with Gasteiger partial charge in [0, 0.05) is 39.0 Å². The lowest BCUT2D eigenvalue weighted by atomic mass is 10.0. The Bertz CT molecular complexity index is 1090. The van der Waals surface area contributed by atoms with Gasteiger partial charge in [-0.15, -0.1) is 0 Å². The Morgan fingerprint density at radius 3 is 2.61 bits per heavy atom. The molecule has 2 aromatic carbocycles. The number of amides is 1. The Kier molecular flexibility index (Phi) is 7.99. The molecular formula is C24H33N3O5S. The summed E-state index contributed by atoms with van der Waals surface area (Å²) in [6, 6.07) is 11.6. The number of methoxy groups -OCH3 is 1. The van der Waals surface area contributed by atoms with E-state index in [2.05, 4.69) is 17.0 Å². The Labute approximate surface area is 196 Å². The third-order valence-corrected chi connectivity index (χ3v) is 7.40. The van der Waals surface area contributed by atoms with Crippen LogP contribution in [0.1, 0.15) is 29.8 Å². The highest BCUT2D eigenvalue weighted by atomic mass is 32.2. The third kappa shape index (κ3) is 6.04. The minimum absolute atomic E-state index is 0.0595. The molecule has 0 unspecified atom stereocenters. The van der Waals surface area contributed by atoms with Crippen LogP contribution >= 0.6 is 0 Å². The lowest BCUT2D eigenvalue weighted by Gasteiger charge is -2.30. The van der Waals surface area contributed by atoms with E-state index in [0.29, 0.717) is 24.5 Å². The number of sulfonamides is 1. The molecule has 0 radical (unpaired) electrons. The van der Waals surface area contributed by atoms with Crippen LogP contribution in [0.2, 0.25) is 0 Å². The zero-order chi connectivity index (χ0) is 24.2. The van der Waals surface area contributed by atoms with Gasteiger partial charge in [0.2, 0.25) is 0 Å². The monoisotopic (exact) mass is 475 g/mol. The van der Waals surface area contributed by atoms with Gasteiger partial charge < -0.3 is 19.7 Å². The first-order valence-corrected chi connectivity index (χ1v) is 12.5. The Morgan fingerprint density at radius 2 is 1.91 bits per heavy atom. The molecule has 0 spiro atoms. The fraction of sp³-hybridized carbons (Fsp3) is 0.458. The van der Waals surface area contributed by atoms with Crippen LogP contribution in [0, 0.1) is 12.8 Å². The Balaban J connectivity index is 1.95. The van der Waals surface area contributed by atoms with E-state index >= 15 is 0 Å². The molecule has 0 aliphatic carbocycles. The van der Waals surface area contributed by atoms with Gasteiger partial charge in [0.05, 0.1) is 16.6 Å². The van der Waals surface area contributed by atoms with E-state index in [1.807, 2.05) is 6.92 Å². The van der Waals surface area contributed by atoms with Gasteiger partial charge in [0.1, 0.15) is 12.4 Å². The Hall–Kier alpha value is -2.62. The third-order valence-electron chi connectivity index (χ3n) is 5.86. The van der Waals surface area contributed by atoms with Crippen LogP contribution in [0.3, 0.4) is 0 Å². The minimum atomic E-state index is -3.82. The number of nitrogens with zero attached hydrogens (tertiary/aromatic N) is 1. The molecule has 1 amide bonds. The van der Waals surface area contributed by atoms with E-state index in [-0.39, 0.29) is 40.1 Å². The Morgan fingerprint density at radius 1 is 1.18 bits per heavy atom. The molecule has 9 heteroatoms. The second-order valence-electron chi connectivity index (χ2n) is 8.64. The predicted octanol–water partition coefficient (Wildman–Crippen LogP) is 2.89. The molecule has 1 heterocycles. The average molecular weight is 476 g/mol. The number of benzene rings is 2. The zero-order valence-electron chi connectivity index (χ0n) is 19.8. The maximum Gasteiger partial charge on any atom is 0.262 e. The van der Waals surface area contributed by atoms with Gasteiger partial charge in [-0.25, -0.2) is 8.42 Å². The maximum atomic E-state index is 13.3. The summed E-state index contributed by atoms with van der Waals surface area (Å²) in [5, 5.41) is 3.44. The van der Waals surface area contributed by atoms with Crippen molar-refractivity contribution in [1.29, 1.82) is 0 Å². The van der Waals surface area contributed by atoms with Gasteiger partial charge >= 0.3 is 0 Å². The van der Waals surface area contributed by atoms with Gasteiger partial charge in [0.25, 0.3) is 15.9 Å². The number of ether oxygens (including phenoxy) is 2. The van der Waals surface area contributed by atoms with Crippen molar-refractivity contribution in [2.24, 2.45) is 5.92 Å². The van der Waals surface area contributed by atoms with Crippen LogP contribution in [-0.4, -0.2) is 65.2 Å². The van der Waals surface area contributed by atoms with Gasteiger partial charge in [-0.2, -0.15) is 0 Å². The van der Waals surface area contributed by atoms with Crippen LogP contribution in [0.15, 0.2) is 47.4 Å². The number of anilines is 1. The molecule has 33 heavy (non-hydrogen) atoms. The van der Waals surface area contributed by atoms with Crippen molar-refractivity contribution in [3.05, 3.63) is 53.6 Å². The number of aryl methyl sites for hydroxylation is 1. The summed E-state index contributed by atoms with van der Waals surface area (Å²) in [6.45, 7) is 7.32. The molecule has 2 aromatic rings. The molecule has 3 rings (SSSR count). The van der Waals surface area contributed by atoms with Crippen molar-refractivity contribution < 1.29 is 22.7 Å². The molecule has 3 atom stereocenters. The molecular weight excluding hydrogens is 442 g/mol. The summed E-state index contributed by atoms with van der Waals surface area (Å²) in [7, 11) is -0.468. The highest BCUT2D eigenvalue weighted by molar-refractivity contribution is 7.92. The SMILES string of the molecule is CO[C@H]1CN(C)C(=O)c2cc(NS(=O)(=O)c3ccccc3C)ccc2OC[C@@H](C)NC[C@H]1C. The summed E-state index contributed by atoms with van der Waals surface area (Å²) >= 11 is 0. The first-order chi connectivity index (χ1) is 15.6. The molecule has 0 saturated heterocycles. The number of nitrogens with one attached hydrogen (secondary N) is 2. The lowest BCUT2D eigenvalue weighted by Crippen LogP contribution is -2.44. The van der Waals surface area contributed by atoms with E-state index in [1.54, 1.807) is 62.4 Å². The predicted molar refractivity (Wildman–Crippen MR) is 128 cm³/mol. The molecule has 0 bridgehead atoms. The van der Waals surface area contributed by atoms with Crippen LogP contribution in [0.4, 0.5) is 5.69 Å². The van der Waals surface area contributed by atoms with Crippen LogP contribution in [0.25, 0.3) is 0 Å². The van der Waals surface area contributed by atoms with Crippen molar-refractivity contribution in [2.75, 3.05) is 38.6 Å². The number of likely N-dealkylation sites (N-methyl/N-ethyl adjacent to an activating group) is 1. The van der Waals surface area contributed by atoms with Crippen LogP contribution in [-0.2, 0) is 14.8 Å². The van der Waals surface area contributed by atoms with Crippen LogP contribution in [0.5, 0.6) is 5.75 Å². The molecule has 0 fully saturated rings. The summed E-state index contributed by atoms with van der Waals surface area (Å²) in [5.41, 5.74) is 1.21. The standard InChI is InChI=1S/C24H33N3O5S/c1-16-8-6-7-9-23(16)33(29,30)26-19-10-11-21-20(12-19)24(28)27(4)14-22(31-5)17(2)13-25-18(3)15-32-21/h6-12,17-18,22,25-26H,13-15H2,1-5H3/t17-,18-,22+/m1/s1.